The number of aromatic nitrogens is 3. The first-order chi connectivity index (χ1) is 9.08. The van der Waals surface area contributed by atoms with Crippen LogP contribution in [0.1, 0.15) is 25.8 Å². The van der Waals surface area contributed by atoms with Gasteiger partial charge in [-0.15, -0.1) is 10.2 Å². The van der Waals surface area contributed by atoms with Gasteiger partial charge in [-0.3, -0.25) is 9.36 Å². The van der Waals surface area contributed by atoms with E-state index in [0.29, 0.717) is 11.1 Å². The van der Waals surface area contributed by atoms with Gasteiger partial charge in [0.2, 0.25) is 5.95 Å². The predicted octanol–water partition coefficient (Wildman–Crippen LogP) is 0.694. The number of hydrogen-bond donors (Lipinski definition) is 2. The lowest BCUT2D eigenvalue weighted by atomic mass is 10.3. The van der Waals surface area contributed by atoms with Crippen LogP contribution < -0.4 is 5.73 Å². The molecule has 0 spiro atoms. The van der Waals surface area contributed by atoms with E-state index in [2.05, 4.69) is 22.0 Å². The summed E-state index contributed by atoms with van der Waals surface area (Å²) in [5.41, 5.74) is 5.83. The molecule has 7 nitrogen and oxygen atoms in total. The van der Waals surface area contributed by atoms with Crippen LogP contribution in [-0.2, 0) is 4.79 Å². The van der Waals surface area contributed by atoms with E-state index in [1.54, 1.807) is 0 Å². The molecule has 1 atom stereocenters. The molecule has 1 aliphatic rings. The zero-order chi connectivity index (χ0) is 13.8. The van der Waals surface area contributed by atoms with Gasteiger partial charge in [0.15, 0.2) is 5.16 Å². The minimum absolute atomic E-state index is 0.0332. The molecular formula is C11H19N5O2S. The van der Waals surface area contributed by atoms with Crippen molar-refractivity contribution in [2.75, 3.05) is 31.1 Å². The fourth-order valence-corrected chi connectivity index (χ4v) is 3.11. The molecule has 3 N–H and O–H groups in total. The van der Waals surface area contributed by atoms with Crippen LogP contribution in [0.4, 0.5) is 5.95 Å². The highest BCUT2D eigenvalue weighted by Crippen LogP contribution is 2.24. The van der Waals surface area contributed by atoms with Crippen molar-refractivity contribution in [3.8, 4) is 0 Å². The Morgan fingerprint density at radius 1 is 1.47 bits per heavy atom. The van der Waals surface area contributed by atoms with Crippen LogP contribution in [0.3, 0.4) is 0 Å². The van der Waals surface area contributed by atoms with E-state index in [1.807, 2.05) is 4.57 Å². The normalized spacial score (nSPS) is 17.7. The third-order valence-electron chi connectivity index (χ3n) is 3.18. The summed E-state index contributed by atoms with van der Waals surface area (Å²) in [5, 5.41) is 17.1. The lowest BCUT2D eigenvalue weighted by Gasteiger charge is -2.22. The van der Waals surface area contributed by atoms with Gasteiger partial charge in [-0.25, -0.2) is 0 Å². The van der Waals surface area contributed by atoms with Gasteiger partial charge in [0.05, 0.1) is 5.75 Å². The number of likely N-dealkylation sites (tertiary alicyclic amines) is 1. The molecule has 0 amide bonds. The zero-order valence-electron chi connectivity index (χ0n) is 10.9. The number of hydrogen-bond acceptors (Lipinski definition) is 6. The summed E-state index contributed by atoms with van der Waals surface area (Å²) in [7, 11) is 0. The molecule has 1 fully saturated rings. The van der Waals surface area contributed by atoms with Gasteiger partial charge in [-0.2, -0.15) is 0 Å². The van der Waals surface area contributed by atoms with Crippen molar-refractivity contribution in [2.45, 2.75) is 31.0 Å². The highest BCUT2D eigenvalue weighted by molar-refractivity contribution is 7.99. The molecule has 1 saturated heterocycles. The van der Waals surface area contributed by atoms with Crippen LogP contribution >= 0.6 is 11.8 Å². The second-order valence-corrected chi connectivity index (χ2v) is 5.69. The molecule has 19 heavy (non-hydrogen) atoms. The van der Waals surface area contributed by atoms with Crippen LogP contribution in [0, 0.1) is 0 Å². The molecule has 2 heterocycles. The number of nitrogens with zero attached hydrogens (tertiary/aromatic N) is 4. The lowest BCUT2D eigenvalue weighted by molar-refractivity contribution is -0.133. The molecule has 0 saturated carbocycles. The summed E-state index contributed by atoms with van der Waals surface area (Å²) in [6, 6.07) is 0.143. The second kappa shape index (κ2) is 6.25. The van der Waals surface area contributed by atoms with Crippen molar-refractivity contribution >= 4 is 23.7 Å². The van der Waals surface area contributed by atoms with E-state index >= 15 is 0 Å². The molecule has 0 bridgehead atoms. The summed E-state index contributed by atoms with van der Waals surface area (Å²) in [5.74, 6) is -0.556. The molecule has 0 aromatic carbocycles. The average Bonchev–Trinajstić information content (AvgIpc) is 2.96. The first kappa shape index (κ1) is 14.1. The van der Waals surface area contributed by atoms with Crippen molar-refractivity contribution in [1.82, 2.24) is 19.7 Å². The summed E-state index contributed by atoms with van der Waals surface area (Å²) >= 11 is 1.15. The highest BCUT2D eigenvalue weighted by Gasteiger charge is 2.20. The predicted molar refractivity (Wildman–Crippen MR) is 73.2 cm³/mol. The van der Waals surface area contributed by atoms with E-state index < -0.39 is 5.97 Å². The fraction of sp³-hybridized carbons (Fsp3) is 0.727. The van der Waals surface area contributed by atoms with E-state index in [0.717, 1.165) is 31.4 Å². The Kier molecular flexibility index (Phi) is 4.65. The molecule has 2 rings (SSSR count). The van der Waals surface area contributed by atoms with E-state index in [9.17, 15) is 4.79 Å². The molecule has 1 unspecified atom stereocenters. The maximum atomic E-state index is 10.6. The van der Waals surface area contributed by atoms with Gasteiger partial charge in [-0.1, -0.05) is 11.8 Å². The monoisotopic (exact) mass is 285 g/mol. The average molecular weight is 285 g/mol. The van der Waals surface area contributed by atoms with Crippen LogP contribution in [-0.4, -0.2) is 56.1 Å². The topological polar surface area (TPSA) is 97.3 Å². The van der Waals surface area contributed by atoms with Crippen molar-refractivity contribution in [1.29, 1.82) is 0 Å². The first-order valence-corrected chi connectivity index (χ1v) is 7.34. The molecule has 0 aliphatic carbocycles. The van der Waals surface area contributed by atoms with Crippen molar-refractivity contribution < 1.29 is 9.90 Å². The molecular weight excluding hydrogens is 266 g/mol. The molecule has 106 valence electrons. The third kappa shape index (κ3) is 3.60. The van der Waals surface area contributed by atoms with Crippen molar-refractivity contribution in [2.24, 2.45) is 0 Å². The van der Waals surface area contributed by atoms with Gasteiger partial charge in [-0.05, 0) is 32.9 Å². The molecule has 1 aromatic heterocycles. The minimum Gasteiger partial charge on any atom is -0.481 e. The summed E-state index contributed by atoms with van der Waals surface area (Å²) in [6.45, 7) is 5.18. The SMILES string of the molecule is CC(CN1CCCC1)n1c(N)nnc1SCC(=O)O. The number of rotatable bonds is 6. The first-order valence-electron chi connectivity index (χ1n) is 6.35. The van der Waals surface area contributed by atoms with Crippen LogP contribution in [0.2, 0.25) is 0 Å². The number of anilines is 1. The van der Waals surface area contributed by atoms with Gasteiger partial charge in [0.25, 0.3) is 0 Å². The van der Waals surface area contributed by atoms with Gasteiger partial charge >= 0.3 is 5.97 Å². The maximum Gasteiger partial charge on any atom is 0.313 e. The Morgan fingerprint density at radius 2 is 2.16 bits per heavy atom. The summed E-state index contributed by atoms with van der Waals surface area (Å²) in [6.07, 6.45) is 2.48. The van der Waals surface area contributed by atoms with Crippen LogP contribution in [0.25, 0.3) is 0 Å². The summed E-state index contributed by atoms with van der Waals surface area (Å²) < 4.78 is 1.83. The largest absolute Gasteiger partial charge is 0.481 e. The van der Waals surface area contributed by atoms with Crippen molar-refractivity contribution in [3.05, 3.63) is 0 Å². The quantitative estimate of drug-likeness (QED) is 0.742. The summed E-state index contributed by atoms with van der Waals surface area (Å²) in [4.78, 5) is 13.0. The fourth-order valence-electron chi connectivity index (χ4n) is 2.35. The van der Waals surface area contributed by atoms with Gasteiger partial charge in [0, 0.05) is 12.6 Å². The van der Waals surface area contributed by atoms with Gasteiger partial charge in [0.1, 0.15) is 0 Å². The Bertz CT molecular complexity index is 444. The van der Waals surface area contributed by atoms with Crippen LogP contribution in [0.15, 0.2) is 5.16 Å². The Balaban J connectivity index is 2.04. The lowest BCUT2D eigenvalue weighted by Crippen LogP contribution is -2.28. The molecule has 8 heteroatoms. The molecule has 0 radical (unpaired) electrons. The smallest absolute Gasteiger partial charge is 0.313 e. The number of carboxylic acid groups (broad SMARTS) is 1. The van der Waals surface area contributed by atoms with E-state index in [4.69, 9.17) is 10.8 Å². The number of carboxylic acids is 1. The Morgan fingerprint density at radius 3 is 2.79 bits per heavy atom. The number of thioether (sulfide) groups is 1. The molecule has 1 aromatic rings. The number of nitrogens with two attached hydrogens (primary N) is 1. The number of aliphatic carboxylic acids is 1. The zero-order valence-corrected chi connectivity index (χ0v) is 11.8. The van der Waals surface area contributed by atoms with Gasteiger partial charge < -0.3 is 15.7 Å². The Hall–Kier alpha value is -1.28. The highest BCUT2D eigenvalue weighted by atomic mass is 32.2. The minimum atomic E-state index is -0.870. The third-order valence-corrected chi connectivity index (χ3v) is 4.11. The number of carbonyl (C=O) groups is 1. The van der Waals surface area contributed by atoms with Crippen molar-refractivity contribution in [3.63, 3.8) is 0 Å². The van der Waals surface area contributed by atoms with E-state index in [1.165, 1.54) is 12.8 Å². The molecule has 1 aliphatic heterocycles. The van der Waals surface area contributed by atoms with E-state index in [-0.39, 0.29) is 11.8 Å². The van der Waals surface area contributed by atoms with Crippen LogP contribution in [0.5, 0.6) is 0 Å². The second-order valence-electron chi connectivity index (χ2n) is 4.75. The Labute approximate surface area is 116 Å². The number of nitrogen functional groups attached to an aromatic ring is 1. The maximum absolute atomic E-state index is 10.6. The standard InChI is InChI=1S/C11H19N5O2S/c1-8(6-15-4-2-3-5-15)16-10(12)13-14-11(16)19-7-9(17)18/h8H,2-7H2,1H3,(H2,12,13)(H,17,18).